The molecule has 4 unspecified atom stereocenters. The van der Waals surface area contributed by atoms with Crippen molar-refractivity contribution in [2.75, 3.05) is 6.61 Å². The average molecular weight is 322 g/mol. The number of carbonyl (C=O) groups excluding carboxylic acids is 2. The van der Waals surface area contributed by atoms with Crippen LogP contribution in [0.3, 0.4) is 0 Å². The molecule has 0 saturated carbocycles. The van der Waals surface area contributed by atoms with E-state index in [0.717, 1.165) is 6.92 Å². The first-order valence-corrected chi connectivity index (χ1v) is 7.01. The molecule has 1 aromatic rings. The number of aliphatic hydroxyl groups is 3. The monoisotopic (exact) mass is 322 g/mol. The third-order valence-corrected chi connectivity index (χ3v) is 3.56. The van der Waals surface area contributed by atoms with Crippen molar-refractivity contribution in [3.05, 3.63) is 48.0 Å². The molecule has 7 heteroatoms. The minimum atomic E-state index is -2.18. The van der Waals surface area contributed by atoms with E-state index in [-0.39, 0.29) is 5.56 Å². The van der Waals surface area contributed by atoms with Gasteiger partial charge in [0.25, 0.3) is 0 Å². The second-order valence-corrected chi connectivity index (χ2v) is 5.28. The Hall–Kier alpha value is -2.22. The molecule has 3 N–H and O–H groups in total. The van der Waals surface area contributed by atoms with Crippen LogP contribution in [-0.4, -0.2) is 57.8 Å². The molecule has 0 aromatic heterocycles. The average Bonchev–Trinajstić information content (AvgIpc) is 2.54. The lowest BCUT2D eigenvalue weighted by Crippen LogP contribution is -2.61. The molecule has 0 bridgehead atoms. The van der Waals surface area contributed by atoms with Gasteiger partial charge in [-0.3, -0.25) is 4.79 Å². The van der Waals surface area contributed by atoms with Crippen molar-refractivity contribution in [1.29, 1.82) is 0 Å². The van der Waals surface area contributed by atoms with Crippen molar-refractivity contribution in [1.82, 2.24) is 0 Å². The topological polar surface area (TPSA) is 113 Å². The van der Waals surface area contributed by atoms with E-state index in [9.17, 15) is 24.9 Å². The van der Waals surface area contributed by atoms with Gasteiger partial charge in [0.05, 0.1) is 5.56 Å². The molecule has 1 aliphatic rings. The fraction of sp³-hybridized carbons (Fsp3) is 0.375. The predicted octanol–water partition coefficient (Wildman–Crippen LogP) is -0.202. The minimum Gasteiger partial charge on any atom is -0.459 e. The quantitative estimate of drug-likeness (QED) is 0.519. The Morgan fingerprint density at radius 2 is 1.83 bits per heavy atom. The van der Waals surface area contributed by atoms with Gasteiger partial charge in [0.2, 0.25) is 0 Å². The van der Waals surface area contributed by atoms with Gasteiger partial charge in [-0.05, 0) is 18.2 Å². The molecule has 23 heavy (non-hydrogen) atoms. The SMILES string of the molecule is CC(=O)OC1C=CC(O)C(O)(COC(=O)c2ccccc2)C1O. The van der Waals surface area contributed by atoms with Crippen molar-refractivity contribution < 1.29 is 34.4 Å². The largest absolute Gasteiger partial charge is 0.459 e. The Morgan fingerprint density at radius 1 is 1.17 bits per heavy atom. The van der Waals surface area contributed by atoms with E-state index in [1.165, 1.54) is 24.3 Å². The van der Waals surface area contributed by atoms with E-state index in [1.54, 1.807) is 18.2 Å². The van der Waals surface area contributed by atoms with Gasteiger partial charge in [-0.2, -0.15) is 0 Å². The molecule has 1 aromatic carbocycles. The second-order valence-electron chi connectivity index (χ2n) is 5.28. The smallest absolute Gasteiger partial charge is 0.338 e. The Kier molecular flexibility index (Phi) is 5.15. The number of hydrogen-bond acceptors (Lipinski definition) is 7. The first kappa shape index (κ1) is 17.1. The zero-order valence-corrected chi connectivity index (χ0v) is 12.5. The number of esters is 2. The maximum absolute atomic E-state index is 11.9. The van der Waals surface area contributed by atoms with Gasteiger partial charge in [0, 0.05) is 6.92 Å². The van der Waals surface area contributed by atoms with E-state index in [2.05, 4.69) is 0 Å². The predicted molar refractivity (Wildman–Crippen MR) is 78.4 cm³/mol. The van der Waals surface area contributed by atoms with Crippen LogP contribution in [0.2, 0.25) is 0 Å². The van der Waals surface area contributed by atoms with Crippen LogP contribution in [0.25, 0.3) is 0 Å². The molecule has 2 rings (SSSR count). The molecule has 0 fully saturated rings. The van der Waals surface area contributed by atoms with Crippen molar-refractivity contribution in [3.63, 3.8) is 0 Å². The maximum Gasteiger partial charge on any atom is 0.338 e. The van der Waals surface area contributed by atoms with Gasteiger partial charge in [-0.15, -0.1) is 0 Å². The highest BCUT2D eigenvalue weighted by Crippen LogP contribution is 2.27. The molecule has 0 heterocycles. The summed E-state index contributed by atoms with van der Waals surface area (Å²) in [6, 6.07) is 8.08. The third-order valence-electron chi connectivity index (χ3n) is 3.56. The minimum absolute atomic E-state index is 0.267. The maximum atomic E-state index is 11.9. The highest BCUT2D eigenvalue weighted by molar-refractivity contribution is 5.89. The molecule has 7 nitrogen and oxygen atoms in total. The first-order chi connectivity index (χ1) is 10.8. The molecule has 0 saturated heterocycles. The Bertz CT molecular complexity index is 598. The lowest BCUT2D eigenvalue weighted by atomic mass is 9.83. The molecule has 4 atom stereocenters. The van der Waals surface area contributed by atoms with Gasteiger partial charge in [-0.25, -0.2) is 4.79 Å². The third kappa shape index (κ3) is 3.76. The van der Waals surface area contributed by atoms with Gasteiger partial charge in [0.1, 0.15) is 24.9 Å². The highest BCUT2D eigenvalue weighted by atomic mass is 16.6. The van der Waals surface area contributed by atoms with Gasteiger partial charge < -0.3 is 24.8 Å². The van der Waals surface area contributed by atoms with Gasteiger partial charge in [-0.1, -0.05) is 24.3 Å². The summed E-state index contributed by atoms with van der Waals surface area (Å²) in [5, 5.41) is 30.5. The highest BCUT2D eigenvalue weighted by Gasteiger charge is 2.50. The summed E-state index contributed by atoms with van der Waals surface area (Å²) in [4.78, 5) is 22.9. The van der Waals surface area contributed by atoms with Crippen LogP contribution in [0.5, 0.6) is 0 Å². The molecule has 1 aliphatic carbocycles. The molecule has 0 aliphatic heterocycles. The Labute approximate surface area is 132 Å². The summed E-state index contributed by atoms with van der Waals surface area (Å²) >= 11 is 0. The molecular formula is C16H18O7. The summed E-state index contributed by atoms with van der Waals surface area (Å²) in [5.74, 6) is -1.37. The van der Waals surface area contributed by atoms with Gasteiger partial charge >= 0.3 is 11.9 Å². The van der Waals surface area contributed by atoms with Crippen molar-refractivity contribution >= 4 is 11.9 Å². The van der Waals surface area contributed by atoms with E-state index in [0.29, 0.717) is 0 Å². The summed E-state index contributed by atoms with van der Waals surface area (Å²) in [6.45, 7) is 0.491. The van der Waals surface area contributed by atoms with E-state index < -0.39 is 42.5 Å². The number of rotatable bonds is 4. The number of benzene rings is 1. The van der Waals surface area contributed by atoms with Crippen LogP contribution < -0.4 is 0 Å². The summed E-state index contributed by atoms with van der Waals surface area (Å²) < 4.78 is 9.83. The van der Waals surface area contributed by atoms with Crippen molar-refractivity contribution in [3.8, 4) is 0 Å². The van der Waals surface area contributed by atoms with E-state index >= 15 is 0 Å². The number of hydrogen-bond donors (Lipinski definition) is 3. The van der Waals surface area contributed by atoms with Crippen molar-refractivity contribution in [2.24, 2.45) is 0 Å². The van der Waals surface area contributed by atoms with Crippen LogP contribution in [0.1, 0.15) is 17.3 Å². The zero-order chi connectivity index (χ0) is 17.0. The van der Waals surface area contributed by atoms with Crippen LogP contribution in [0.4, 0.5) is 0 Å². The summed E-state index contributed by atoms with van der Waals surface area (Å²) in [6.07, 6.45) is -1.82. The summed E-state index contributed by atoms with van der Waals surface area (Å²) in [7, 11) is 0. The molecular weight excluding hydrogens is 304 g/mol. The van der Waals surface area contributed by atoms with Crippen LogP contribution in [0.15, 0.2) is 42.5 Å². The van der Waals surface area contributed by atoms with Crippen molar-refractivity contribution in [2.45, 2.75) is 30.8 Å². The van der Waals surface area contributed by atoms with Crippen LogP contribution in [-0.2, 0) is 14.3 Å². The van der Waals surface area contributed by atoms with Crippen LogP contribution in [0, 0.1) is 0 Å². The molecule has 0 radical (unpaired) electrons. The molecule has 124 valence electrons. The van der Waals surface area contributed by atoms with E-state index in [4.69, 9.17) is 9.47 Å². The fourth-order valence-electron chi connectivity index (χ4n) is 2.25. The molecule has 0 amide bonds. The van der Waals surface area contributed by atoms with Crippen LogP contribution >= 0.6 is 0 Å². The fourth-order valence-corrected chi connectivity index (χ4v) is 2.25. The normalized spacial score (nSPS) is 29.8. The lowest BCUT2D eigenvalue weighted by Gasteiger charge is -2.40. The van der Waals surface area contributed by atoms with Gasteiger partial charge in [0.15, 0.2) is 5.60 Å². The second kappa shape index (κ2) is 6.91. The lowest BCUT2D eigenvalue weighted by molar-refractivity contribution is -0.194. The summed E-state index contributed by atoms with van der Waals surface area (Å²) in [5.41, 5.74) is -1.91. The standard InChI is InChI=1S/C16H18O7/c1-10(17)23-12-7-8-13(18)16(21,14(12)19)9-22-15(20)11-5-3-2-4-6-11/h2-8,12-14,18-19,21H,9H2,1H3. The Morgan fingerprint density at radius 3 is 2.43 bits per heavy atom. The Balaban J connectivity index is 2.08. The molecule has 0 spiro atoms. The first-order valence-electron chi connectivity index (χ1n) is 7.01. The zero-order valence-electron chi connectivity index (χ0n) is 12.5. The number of aliphatic hydroxyl groups excluding tert-OH is 2. The number of ether oxygens (including phenoxy) is 2. The number of carbonyl (C=O) groups is 2. The van der Waals surface area contributed by atoms with E-state index in [1.807, 2.05) is 0 Å².